The van der Waals surface area contributed by atoms with Crippen molar-refractivity contribution in [1.29, 1.82) is 0 Å². The summed E-state index contributed by atoms with van der Waals surface area (Å²) in [7, 11) is 0. The van der Waals surface area contributed by atoms with Crippen LogP contribution in [-0.2, 0) is 4.79 Å². The summed E-state index contributed by atoms with van der Waals surface area (Å²) >= 11 is 1.48. The fourth-order valence-electron chi connectivity index (χ4n) is 3.24. The molecule has 0 saturated carbocycles. The smallest absolute Gasteiger partial charge is 0.262 e. The van der Waals surface area contributed by atoms with Crippen LogP contribution in [0.25, 0.3) is 27.5 Å². The van der Waals surface area contributed by atoms with Gasteiger partial charge in [-0.15, -0.1) is 11.3 Å². The highest BCUT2D eigenvalue weighted by Crippen LogP contribution is 2.36. The van der Waals surface area contributed by atoms with Crippen LogP contribution in [0.15, 0.2) is 53.9 Å². The second-order valence-corrected chi connectivity index (χ2v) is 6.95. The minimum atomic E-state index is -0.201. The fraction of sp³-hybridized carbons (Fsp3) is 0.0500. The van der Waals surface area contributed by atoms with Gasteiger partial charge in [-0.25, -0.2) is 4.98 Å². The lowest BCUT2D eigenvalue weighted by molar-refractivity contribution is -0.118. The molecule has 0 unspecified atom stereocenters. The number of hydrogen-bond donors (Lipinski definition) is 1. The number of hydrogen-bond acceptors (Lipinski definition) is 5. The average Bonchev–Trinajstić information content (AvgIpc) is 3.27. The number of rotatable bonds is 3. The number of nitrogens with zero attached hydrogens (tertiary/aromatic N) is 2. The lowest BCUT2D eigenvalue weighted by Gasteiger charge is -2.18. The highest BCUT2D eigenvalue weighted by atomic mass is 32.1. The SMILES string of the molecule is O=Cc1c(-c2ccc3c(c2)NC(=O)CO3)nc2scc(-c3ccccc3)n12. The molecular formula is C20H13N3O3S. The third-order valence-corrected chi connectivity index (χ3v) is 5.29. The number of carbonyl (C=O) groups is 2. The molecule has 4 aromatic rings. The van der Waals surface area contributed by atoms with Crippen LogP contribution in [0.1, 0.15) is 10.5 Å². The van der Waals surface area contributed by atoms with E-state index in [2.05, 4.69) is 10.3 Å². The fourth-order valence-corrected chi connectivity index (χ4v) is 4.15. The quantitative estimate of drug-likeness (QED) is 0.552. The maximum absolute atomic E-state index is 11.9. The van der Waals surface area contributed by atoms with Crippen molar-refractivity contribution in [3.05, 3.63) is 59.6 Å². The lowest BCUT2D eigenvalue weighted by atomic mass is 10.1. The first-order valence-corrected chi connectivity index (χ1v) is 9.20. The Labute approximate surface area is 158 Å². The molecule has 1 amide bonds. The molecule has 0 fully saturated rings. The molecule has 1 N–H and O–H groups in total. The summed E-state index contributed by atoms with van der Waals surface area (Å²) in [6.45, 7) is 0.00653. The lowest BCUT2D eigenvalue weighted by Crippen LogP contribution is -2.25. The average molecular weight is 375 g/mol. The van der Waals surface area contributed by atoms with E-state index in [1.54, 1.807) is 12.1 Å². The van der Waals surface area contributed by atoms with Crippen LogP contribution in [-0.4, -0.2) is 28.2 Å². The van der Waals surface area contributed by atoms with Gasteiger partial charge in [-0.1, -0.05) is 30.3 Å². The number of fused-ring (bicyclic) bond motifs is 2. The van der Waals surface area contributed by atoms with Gasteiger partial charge in [-0.2, -0.15) is 0 Å². The van der Waals surface area contributed by atoms with Crippen molar-refractivity contribution >= 4 is 34.2 Å². The van der Waals surface area contributed by atoms with Crippen LogP contribution in [0.5, 0.6) is 5.75 Å². The molecule has 132 valence electrons. The van der Waals surface area contributed by atoms with Crippen molar-refractivity contribution in [2.75, 3.05) is 11.9 Å². The van der Waals surface area contributed by atoms with Crippen molar-refractivity contribution < 1.29 is 14.3 Å². The Hall–Kier alpha value is -3.45. The number of ether oxygens (including phenoxy) is 1. The van der Waals surface area contributed by atoms with E-state index in [1.165, 1.54) is 11.3 Å². The first-order valence-electron chi connectivity index (χ1n) is 8.32. The number of amides is 1. The van der Waals surface area contributed by atoms with Crippen molar-refractivity contribution in [2.24, 2.45) is 0 Å². The highest BCUT2D eigenvalue weighted by Gasteiger charge is 2.21. The molecule has 7 heteroatoms. The van der Waals surface area contributed by atoms with E-state index in [1.807, 2.05) is 46.2 Å². The third kappa shape index (κ3) is 2.51. The maximum atomic E-state index is 11.9. The van der Waals surface area contributed by atoms with E-state index in [9.17, 15) is 9.59 Å². The summed E-state index contributed by atoms with van der Waals surface area (Å²) in [4.78, 5) is 28.9. The summed E-state index contributed by atoms with van der Waals surface area (Å²) in [6.07, 6.45) is 0.822. The molecule has 0 radical (unpaired) electrons. The zero-order valence-corrected chi connectivity index (χ0v) is 14.8. The van der Waals surface area contributed by atoms with Gasteiger partial charge in [-0.3, -0.25) is 14.0 Å². The van der Waals surface area contributed by atoms with Gasteiger partial charge < -0.3 is 10.1 Å². The standard InChI is InChI=1S/C20H13N3O3S/c24-9-15-19(13-6-7-17-14(8-13)21-18(25)10-26-17)22-20-23(15)16(11-27-20)12-4-2-1-3-5-12/h1-9,11H,10H2,(H,21,25). The topological polar surface area (TPSA) is 72.7 Å². The van der Waals surface area contributed by atoms with Crippen LogP contribution in [0.4, 0.5) is 5.69 Å². The van der Waals surface area contributed by atoms with E-state index < -0.39 is 0 Å². The zero-order chi connectivity index (χ0) is 18.4. The molecule has 1 aliphatic rings. The number of benzene rings is 2. The van der Waals surface area contributed by atoms with Crippen molar-refractivity contribution in [3.8, 4) is 28.3 Å². The first kappa shape index (κ1) is 15.8. The van der Waals surface area contributed by atoms with Crippen LogP contribution >= 0.6 is 11.3 Å². The second kappa shape index (κ2) is 6.07. The Bertz CT molecular complexity index is 1190. The summed E-state index contributed by atoms with van der Waals surface area (Å²) in [5, 5.41) is 4.78. The maximum Gasteiger partial charge on any atom is 0.262 e. The minimum absolute atomic E-state index is 0.00653. The van der Waals surface area contributed by atoms with Gasteiger partial charge in [0, 0.05) is 10.9 Å². The molecule has 3 heterocycles. The number of anilines is 1. The van der Waals surface area contributed by atoms with Crippen molar-refractivity contribution in [1.82, 2.24) is 9.38 Å². The largest absolute Gasteiger partial charge is 0.482 e. The molecule has 5 rings (SSSR count). The van der Waals surface area contributed by atoms with Gasteiger partial charge in [0.25, 0.3) is 5.91 Å². The van der Waals surface area contributed by atoms with E-state index in [4.69, 9.17) is 4.74 Å². The predicted molar refractivity (Wildman–Crippen MR) is 103 cm³/mol. The molecule has 2 aromatic carbocycles. The predicted octanol–water partition coefficient (Wildman–Crippen LogP) is 3.87. The molecule has 0 atom stereocenters. The van der Waals surface area contributed by atoms with E-state index in [-0.39, 0.29) is 12.5 Å². The third-order valence-electron chi connectivity index (χ3n) is 4.47. The summed E-state index contributed by atoms with van der Waals surface area (Å²) in [5.74, 6) is 0.407. The molecule has 6 nitrogen and oxygen atoms in total. The van der Waals surface area contributed by atoms with E-state index in [0.29, 0.717) is 22.8 Å². The van der Waals surface area contributed by atoms with Crippen molar-refractivity contribution in [2.45, 2.75) is 0 Å². The van der Waals surface area contributed by atoms with Gasteiger partial charge in [0.2, 0.25) is 0 Å². The molecule has 27 heavy (non-hydrogen) atoms. The number of imidazole rings is 1. The van der Waals surface area contributed by atoms with Crippen LogP contribution in [0.3, 0.4) is 0 Å². The van der Waals surface area contributed by atoms with Crippen LogP contribution < -0.4 is 10.1 Å². The molecule has 0 saturated heterocycles. The molecular weight excluding hydrogens is 362 g/mol. The molecule has 1 aliphatic heterocycles. The van der Waals surface area contributed by atoms with E-state index >= 15 is 0 Å². The Morgan fingerprint density at radius 1 is 1.15 bits per heavy atom. The van der Waals surface area contributed by atoms with Gasteiger partial charge in [-0.05, 0) is 23.8 Å². The van der Waals surface area contributed by atoms with Gasteiger partial charge in [0.1, 0.15) is 17.1 Å². The van der Waals surface area contributed by atoms with Crippen LogP contribution in [0, 0.1) is 0 Å². The monoisotopic (exact) mass is 375 g/mol. The number of carbonyl (C=O) groups excluding carboxylic acids is 2. The Morgan fingerprint density at radius 2 is 2.00 bits per heavy atom. The molecule has 0 bridgehead atoms. The summed E-state index contributed by atoms with van der Waals surface area (Å²) in [6, 6.07) is 15.3. The molecule has 0 aliphatic carbocycles. The Kier molecular flexibility index (Phi) is 3.54. The van der Waals surface area contributed by atoms with E-state index in [0.717, 1.165) is 28.1 Å². The van der Waals surface area contributed by atoms with Gasteiger partial charge >= 0.3 is 0 Å². The summed E-state index contributed by atoms with van der Waals surface area (Å²) < 4.78 is 7.27. The minimum Gasteiger partial charge on any atom is -0.482 e. The number of thiazole rings is 1. The molecule has 0 spiro atoms. The Morgan fingerprint density at radius 3 is 2.81 bits per heavy atom. The highest BCUT2D eigenvalue weighted by molar-refractivity contribution is 7.15. The summed E-state index contributed by atoms with van der Waals surface area (Å²) in [5.41, 5.74) is 4.33. The number of nitrogens with one attached hydrogen (secondary N) is 1. The number of aldehydes is 1. The van der Waals surface area contributed by atoms with Crippen molar-refractivity contribution in [3.63, 3.8) is 0 Å². The van der Waals surface area contributed by atoms with Crippen LogP contribution in [0.2, 0.25) is 0 Å². The van der Waals surface area contributed by atoms with Gasteiger partial charge in [0.05, 0.1) is 11.4 Å². The second-order valence-electron chi connectivity index (χ2n) is 6.12. The zero-order valence-electron chi connectivity index (χ0n) is 14.0. The molecule has 2 aromatic heterocycles. The first-order chi connectivity index (χ1) is 13.2. The Balaban J connectivity index is 1.69. The normalized spacial score (nSPS) is 13.1. The number of aromatic nitrogens is 2. The van der Waals surface area contributed by atoms with Gasteiger partial charge in [0.15, 0.2) is 17.9 Å².